The summed E-state index contributed by atoms with van der Waals surface area (Å²) in [5, 5.41) is 29.9. The van der Waals surface area contributed by atoms with Gasteiger partial charge < -0.3 is 20.1 Å². The third-order valence-electron chi connectivity index (χ3n) is 5.61. The zero-order valence-corrected chi connectivity index (χ0v) is 16.6. The number of aromatic nitrogens is 2. The summed E-state index contributed by atoms with van der Waals surface area (Å²) in [5.74, 6) is 0. The second-order valence-corrected chi connectivity index (χ2v) is 8.48. The largest absolute Gasteiger partial charge is 0.394 e. The molecule has 2 heterocycles. The van der Waals surface area contributed by atoms with E-state index in [-0.39, 0.29) is 5.25 Å². The van der Waals surface area contributed by atoms with Gasteiger partial charge in [-0.3, -0.25) is 4.57 Å². The van der Waals surface area contributed by atoms with Gasteiger partial charge in [-0.15, -0.1) is 0 Å². The van der Waals surface area contributed by atoms with Crippen LogP contribution >= 0.6 is 11.8 Å². The monoisotopic (exact) mass is 424 g/mol. The summed E-state index contributed by atoms with van der Waals surface area (Å²) < 4.78 is 6.58. The first kappa shape index (κ1) is 19.5. The molecular formula is C22H20N2O5S. The van der Waals surface area contributed by atoms with E-state index in [1.165, 1.54) is 40.2 Å². The predicted molar refractivity (Wildman–Crippen MR) is 111 cm³/mol. The topological polar surface area (TPSA) is 105 Å². The van der Waals surface area contributed by atoms with E-state index in [9.17, 15) is 20.1 Å². The molecule has 7 nitrogen and oxygen atoms in total. The number of aliphatic hydroxyl groups is 3. The fourth-order valence-corrected chi connectivity index (χ4v) is 5.30. The highest BCUT2D eigenvalue weighted by molar-refractivity contribution is 7.99. The molecule has 0 unspecified atom stereocenters. The van der Waals surface area contributed by atoms with Crippen LogP contribution < -0.4 is 5.69 Å². The number of benzene rings is 2. The molecule has 0 amide bonds. The van der Waals surface area contributed by atoms with Gasteiger partial charge in [0.15, 0.2) is 6.23 Å². The van der Waals surface area contributed by atoms with Crippen molar-refractivity contribution in [1.82, 2.24) is 9.55 Å². The number of nitrogens with zero attached hydrogens (tertiary/aromatic N) is 2. The molecule has 3 N–H and O–H groups in total. The maximum atomic E-state index is 12.6. The average Bonchev–Trinajstić information content (AvgIpc) is 3.23. The van der Waals surface area contributed by atoms with Gasteiger partial charge in [0.2, 0.25) is 0 Å². The molecule has 5 rings (SSSR count). The van der Waals surface area contributed by atoms with Crippen molar-refractivity contribution in [2.75, 3.05) is 6.61 Å². The lowest BCUT2D eigenvalue weighted by Gasteiger charge is -2.18. The second-order valence-electron chi connectivity index (χ2n) is 7.36. The molecule has 2 aromatic carbocycles. The van der Waals surface area contributed by atoms with E-state index in [0.717, 1.165) is 4.57 Å². The molecular weight excluding hydrogens is 404 g/mol. The molecule has 3 aromatic rings. The highest BCUT2D eigenvalue weighted by atomic mass is 32.2. The molecule has 1 aliphatic carbocycles. The van der Waals surface area contributed by atoms with Crippen molar-refractivity contribution in [1.29, 1.82) is 0 Å². The van der Waals surface area contributed by atoms with Gasteiger partial charge in [-0.25, -0.2) is 4.79 Å². The van der Waals surface area contributed by atoms with Gasteiger partial charge in [0.1, 0.15) is 23.3 Å². The Morgan fingerprint density at radius 1 is 0.967 bits per heavy atom. The first-order valence-electron chi connectivity index (χ1n) is 9.65. The van der Waals surface area contributed by atoms with Crippen LogP contribution in [0.2, 0.25) is 0 Å². The first-order valence-corrected chi connectivity index (χ1v) is 10.5. The van der Waals surface area contributed by atoms with Crippen LogP contribution in [0.25, 0.3) is 11.1 Å². The summed E-state index contributed by atoms with van der Waals surface area (Å²) in [6, 6.07) is 18.1. The molecule has 1 aliphatic heterocycles. The molecule has 1 aromatic heterocycles. The lowest BCUT2D eigenvalue weighted by atomic mass is 10.1. The minimum absolute atomic E-state index is 0.0223. The molecule has 0 radical (unpaired) electrons. The predicted octanol–water partition coefficient (Wildman–Crippen LogP) is 1.72. The van der Waals surface area contributed by atoms with Crippen molar-refractivity contribution in [2.24, 2.45) is 0 Å². The molecule has 154 valence electrons. The lowest BCUT2D eigenvalue weighted by molar-refractivity contribution is -0.0551. The Hall–Kier alpha value is -2.49. The summed E-state index contributed by atoms with van der Waals surface area (Å²) in [4.78, 5) is 16.8. The van der Waals surface area contributed by atoms with Crippen LogP contribution in [-0.2, 0) is 4.74 Å². The third-order valence-corrected chi connectivity index (χ3v) is 6.82. The summed E-state index contributed by atoms with van der Waals surface area (Å²) in [5.41, 5.74) is 4.14. The van der Waals surface area contributed by atoms with Crippen LogP contribution in [0.4, 0.5) is 0 Å². The zero-order chi connectivity index (χ0) is 20.8. The number of thioether (sulfide) groups is 1. The van der Waals surface area contributed by atoms with Crippen molar-refractivity contribution in [3.63, 3.8) is 0 Å². The standard InChI is InChI=1S/C22H20N2O5S/c25-11-16-18(26)19(27)21(29-16)24-10-9-17(23-22(24)28)30-20-14-7-3-1-5-12(14)13-6-2-4-8-15(13)20/h1-10,16,18-21,25-27H,11H2/t16-,18-,19-,21-/m1/s1. The van der Waals surface area contributed by atoms with E-state index < -0.39 is 36.8 Å². The van der Waals surface area contributed by atoms with E-state index in [1.807, 2.05) is 24.3 Å². The highest BCUT2D eigenvalue weighted by Crippen LogP contribution is 2.51. The van der Waals surface area contributed by atoms with E-state index in [0.29, 0.717) is 5.03 Å². The summed E-state index contributed by atoms with van der Waals surface area (Å²) >= 11 is 1.49. The van der Waals surface area contributed by atoms with Crippen LogP contribution in [0.15, 0.2) is 70.6 Å². The van der Waals surface area contributed by atoms with E-state index in [2.05, 4.69) is 29.2 Å². The fraction of sp³-hybridized carbons (Fsp3) is 0.273. The summed E-state index contributed by atoms with van der Waals surface area (Å²) in [6.07, 6.45) is -3.13. The number of hydrogen-bond donors (Lipinski definition) is 3. The first-order chi connectivity index (χ1) is 14.6. The van der Waals surface area contributed by atoms with Crippen molar-refractivity contribution in [3.05, 3.63) is 82.4 Å². The molecule has 2 aliphatic rings. The number of ether oxygens (including phenoxy) is 1. The molecule has 1 saturated heterocycles. The number of fused-ring (bicyclic) bond motifs is 3. The maximum absolute atomic E-state index is 12.6. The normalized spacial score (nSPS) is 25.3. The maximum Gasteiger partial charge on any atom is 0.350 e. The zero-order valence-electron chi connectivity index (χ0n) is 15.8. The van der Waals surface area contributed by atoms with Gasteiger partial charge in [-0.05, 0) is 28.3 Å². The summed E-state index contributed by atoms with van der Waals surface area (Å²) in [6.45, 7) is -0.453. The SMILES string of the molecule is O=c1nc(SC2c3ccccc3-c3ccccc32)ccn1[C@@H]1O[C@H](CO)[C@@H](O)[C@H]1O. The Bertz CT molecular complexity index is 1100. The molecule has 4 atom stereocenters. The van der Waals surface area contributed by atoms with Crippen LogP contribution in [0, 0.1) is 0 Å². The Kier molecular flexibility index (Phi) is 4.96. The van der Waals surface area contributed by atoms with Crippen LogP contribution in [0.1, 0.15) is 22.6 Å². The van der Waals surface area contributed by atoms with Gasteiger partial charge in [0.05, 0.1) is 11.9 Å². The molecule has 30 heavy (non-hydrogen) atoms. The molecule has 1 fully saturated rings. The van der Waals surface area contributed by atoms with Crippen LogP contribution in [0.5, 0.6) is 0 Å². The minimum atomic E-state index is -1.33. The average molecular weight is 424 g/mol. The lowest BCUT2D eigenvalue weighted by Crippen LogP contribution is -2.36. The van der Waals surface area contributed by atoms with Gasteiger partial charge >= 0.3 is 5.69 Å². The summed E-state index contributed by atoms with van der Waals surface area (Å²) in [7, 11) is 0. The molecule has 8 heteroatoms. The van der Waals surface area contributed by atoms with Crippen molar-refractivity contribution < 1.29 is 20.1 Å². The van der Waals surface area contributed by atoms with Crippen molar-refractivity contribution >= 4 is 11.8 Å². The fourth-order valence-electron chi connectivity index (χ4n) is 4.12. The van der Waals surface area contributed by atoms with E-state index in [1.54, 1.807) is 6.07 Å². The van der Waals surface area contributed by atoms with Gasteiger partial charge in [-0.2, -0.15) is 4.98 Å². The minimum Gasteiger partial charge on any atom is -0.394 e. The Labute approximate surface area is 176 Å². The van der Waals surface area contributed by atoms with E-state index >= 15 is 0 Å². The highest BCUT2D eigenvalue weighted by Gasteiger charge is 2.43. The number of rotatable bonds is 4. The van der Waals surface area contributed by atoms with Gasteiger partial charge in [0.25, 0.3) is 0 Å². The molecule has 0 saturated carbocycles. The van der Waals surface area contributed by atoms with Crippen LogP contribution in [0.3, 0.4) is 0 Å². The van der Waals surface area contributed by atoms with Crippen LogP contribution in [-0.4, -0.2) is 49.8 Å². The number of aliphatic hydroxyl groups excluding tert-OH is 3. The molecule has 0 spiro atoms. The van der Waals surface area contributed by atoms with Crippen molar-refractivity contribution in [3.8, 4) is 11.1 Å². The van der Waals surface area contributed by atoms with E-state index in [4.69, 9.17) is 4.74 Å². The van der Waals surface area contributed by atoms with Gasteiger partial charge in [-0.1, -0.05) is 60.3 Å². The van der Waals surface area contributed by atoms with Crippen molar-refractivity contribution in [2.45, 2.75) is 34.8 Å². The second kappa shape index (κ2) is 7.64. The molecule has 0 bridgehead atoms. The van der Waals surface area contributed by atoms with Gasteiger partial charge in [0, 0.05) is 6.20 Å². The Morgan fingerprint density at radius 2 is 1.60 bits per heavy atom. The quantitative estimate of drug-likeness (QED) is 0.548. The Balaban J connectivity index is 1.45. The Morgan fingerprint density at radius 3 is 2.17 bits per heavy atom. The third kappa shape index (κ3) is 3.08. The smallest absolute Gasteiger partial charge is 0.350 e. The number of hydrogen-bond acceptors (Lipinski definition) is 7.